The van der Waals surface area contributed by atoms with Crippen LogP contribution in [0.1, 0.15) is 41.6 Å². The lowest BCUT2D eigenvalue weighted by Gasteiger charge is -2.15. The predicted octanol–water partition coefficient (Wildman–Crippen LogP) is 4.39. The SMILES string of the molecule is O=C(NCC1CCCC1)c1ccc(Br)cc1C(F)(F)F. The van der Waals surface area contributed by atoms with Crippen LogP contribution < -0.4 is 5.32 Å². The highest BCUT2D eigenvalue weighted by molar-refractivity contribution is 9.10. The van der Waals surface area contributed by atoms with Gasteiger partial charge in [-0.15, -0.1) is 0 Å². The maximum Gasteiger partial charge on any atom is 0.417 e. The summed E-state index contributed by atoms with van der Waals surface area (Å²) in [5.74, 6) is -0.263. The Morgan fingerprint density at radius 2 is 1.95 bits per heavy atom. The van der Waals surface area contributed by atoms with Gasteiger partial charge in [-0.25, -0.2) is 0 Å². The molecule has 0 atom stereocenters. The highest BCUT2D eigenvalue weighted by Gasteiger charge is 2.35. The first kappa shape index (κ1) is 15.4. The van der Waals surface area contributed by atoms with Crippen LogP contribution in [0, 0.1) is 5.92 Å². The Labute approximate surface area is 123 Å². The smallest absolute Gasteiger partial charge is 0.352 e. The van der Waals surface area contributed by atoms with E-state index in [1.807, 2.05) is 0 Å². The van der Waals surface area contributed by atoms with Gasteiger partial charge < -0.3 is 5.32 Å². The summed E-state index contributed by atoms with van der Waals surface area (Å²) in [4.78, 5) is 12.0. The van der Waals surface area contributed by atoms with E-state index in [2.05, 4.69) is 21.2 Å². The molecule has 0 heterocycles. The van der Waals surface area contributed by atoms with Crippen LogP contribution in [-0.2, 0) is 6.18 Å². The van der Waals surface area contributed by atoms with Crippen molar-refractivity contribution < 1.29 is 18.0 Å². The van der Waals surface area contributed by atoms with Crippen molar-refractivity contribution in [2.24, 2.45) is 5.92 Å². The molecule has 1 aromatic rings. The second-order valence-electron chi connectivity index (χ2n) is 5.05. The van der Waals surface area contributed by atoms with Crippen LogP contribution in [0.5, 0.6) is 0 Å². The largest absolute Gasteiger partial charge is 0.417 e. The van der Waals surface area contributed by atoms with E-state index in [1.54, 1.807) is 0 Å². The Balaban J connectivity index is 2.12. The molecule has 2 nitrogen and oxygen atoms in total. The van der Waals surface area contributed by atoms with Crippen molar-refractivity contribution in [3.8, 4) is 0 Å². The lowest BCUT2D eigenvalue weighted by atomic mass is 10.1. The van der Waals surface area contributed by atoms with Crippen LogP contribution >= 0.6 is 15.9 Å². The summed E-state index contributed by atoms with van der Waals surface area (Å²) >= 11 is 3.00. The van der Waals surface area contributed by atoms with Crippen LogP contribution in [0.15, 0.2) is 22.7 Å². The first-order valence-electron chi connectivity index (χ1n) is 6.53. The van der Waals surface area contributed by atoms with Gasteiger partial charge in [0.1, 0.15) is 0 Å². The monoisotopic (exact) mass is 349 g/mol. The van der Waals surface area contributed by atoms with Gasteiger partial charge in [0.25, 0.3) is 5.91 Å². The van der Waals surface area contributed by atoms with Crippen molar-refractivity contribution >= 4 is 21.8 Å². The number of benzene rings is 1. The van der Waals surface area contributed by atoms with Crippen molar-refractivity contribution in [3.05, 3.63) is 33.8 Å². The fraction of sp³-hybridized carbons (Fsp3) is 0.500. The molecule has 0 unspecified atom stereocenters. The minimum Gasteiger partial charge on any atom is -0.352 e. The zero-order valence-corrected chi connectivity index (χ0v) is 12.4. The van der Waals surface area contributed by atoms with Crippen molar-refractivity contribution in [2.45, 2.75) is 31.9 Å². The number of hydrogen-bond acceptors (Lipinski definition) is 1. The molecule has 110 valence electrons. The van der Waals surface area contributed by atoms with Gasteiger partial charge in [-0.2, -0.15) is 13.2 Å². The zero-order chi connectivity index (χ0) is 14.8. The molecule has 1 aliphatic carbocycles. The molecule has 0 saturated heterocycles. The maximum absolute atomic E-state index is 12.9. The number of rotatable bonds is 3. The quantitative estimate of drug-likeness (QED) is 0.861. The number of alkyl halides is 3. The number of nitrogens with one attached hydrogen (secondary N) is 1. The van der Waals surface area contributed by atoms with Crippen molar-refractivity contribution in [1.82, 2.24) is 5.32 Å². The fourth-order valence-electron chi connectivity index (χ4n) is 2.50. The molecule has 1 amide bonds. The Bertz CT molecular complexity index is 496. The average Bonchev–Trinajstić information content (AvgIpc) is 2.88. The summed E-state index contributed by atoms with van der Waals surface area (Å²) in [5.41, 5.74) is -1.23. The van der Waals surface area contributed by atoms with Gasteiger partial charge in [-0.3, -0.25) is 4.79 Å². The number of carbonyl (C=O) groups is 1. The topological polar surface area (TPSA) is 29.1 Å². The molecule has 20 heavy (non-hydrogen) atoms. The van der Waals surface area contributed by atoms with Gasteiger partial charge in [0.15, 0.2) is 0 Å². The van der Waals surface area contributed by atoms with Crippen LogP contribution in [0.4, 0.5) is 13.2 Å². The van der Waals surface area contributed by atoms with Crippen LogP contribution in [-0.4, -0.2) is 12.5 Å². The van der Waals surface area contributed by atoms with Gasteiger partial charge in [0, 0.05) is 11.0 Å². The molecule has 1 saturated carbocycles. The summed E-state index contributed by atoms with van der Waals surface area (Å²) in [5, 5.41) is 2.62. The molecule has 0 bridgehead atoms. The lowest BCUT2D eigenvalue weighted by molar-refractivity contribution is -0.138. The molecule has 0 aromatic heterocycles. The van der Waals surface area contributed by atoms with E-state index in [9.17, 15) is 18.0 Å². The Kier molecular flexibility index (Phi) is 4.73. The van der Waals surface area contributed by atoms with E-state index in [-0.39, 0.29) is 5.56 Å². The number of carbonyl (C=O) groups excluding carboxylic acids is 1. The summed E-state index contributed by atoms with van der Waals surface area (Å²) in [7, 11) is 0. The Hall–Kier alpha value is -1.04. The third-order valence-electron chi connectivity index (χ3n) is 3.56. The minimum absolute atomic E-state index is 0.303. The standard InChI is InChI=1S/C14H15BrF3NO/c15-10-5-6-11(12(7-10)14(16,17)18)13(20)19-8-9-3-1-2-4-9/h5-7,9H,1-4,8H2,(H,19,20). The maximum atomic E-state index is 12.9. The van der Waals surface area contributed by atoms with Crippen molar-refractivity contribution in [3.63, 3.8) is 0 Å². The molecule has 6 heteroatoms. The van der Waals surface area contributed by atoms with E-state index in [1.165, 1.54) is 12.1 Å². The number of amides is 1. The minimum atomic E-state index is -4.54. The van der Waals surface area contributed by atoms with E-state index in [0.717, 1.165) is 31.7 Å². The first-order valence-corrected chi connectivity index (χ1v) is 7.32. The molecule has 1 N–H and O–H groups in total. The van der Waals surface area contributed by atoms with Crippen LogP contribution in [0.2, 0.25) is 0 Å². The number of halogens is 4. The van der Waals surface area contributed by atoms with Crippen molar-refractivity contribution in [1.29, 1.82) is 0 Å². The molecule has 1 fully saturated rings. The third-order valence-corrected chi connectivity index (χ3v) is 4.05. The molecular weight excluding hydrogens is 335 g/mol. The summed E-state index contributed by atoms with van der Waals surface area (Å²) in [6, 6.07) is 3.58. The first-order chi connectivity index (χ1) is 9.38. The second kappa shape index (κ2) is 6.16. The van der Waals surface area contributed by atoms with Gasteiger partial charge in [-0.05, 0) is 37.0 Å². The van der Waals surface area contributed by atoms with Crippen molar-refractivity contribution in [2.75, 3.05) is 6.54 Å². The molecule has 0 spiro atoms. The summed E-state index contributed by atoms with van der Waals surface area (Å²) in [6.07, 6.45) is -0.206. The molecule has 1 aliphatic rings. The lowest BCUT2D eigenvalue weighted by Crippen LogP contribution is -2.30. The molecular formula is C14H15BrF3NO. The highest BCUT2D eigenvalue weighted by Crippen LogP contribution is 2.34. The predicted molar refractivity (Wildman–Crippen MR) is 73.4 cm³/mol. The third kappa shape index (κ3) is 3.75. The van der Waals surface area contributed by atoms with E-state index < -0.39 is 17.6 Å². The Morgan fingerprint density at radius 1 is 1.30 bits per heavy atom. The summed E-state index contributed by atoms with van der Waals surface area (Å²) < 4.78 is 39.1. The molecule has 1 aromatic carbocycles. The van der Waals surface area contributed by atoms with E-state index in [0.29, 0.717) is 16.9 Å². The number of hydrogen-bond donors (Lipinski definition) is 1. The molecule has 0 radical (unpaired) electrons. The van der Waals surface area contributed by atoms with E-state index >= 15 is 0 Å². The molecule has 0 aliphatic heterocycles. The van der Waals surface area contributed by atoms with Crippen LogP contribution in [0.3, 0.4) is 0 Å². The van der Waals surface area contributed by atoms with Gasteiger partial charge in [0.05, 0.1) is 11.1 Å². The normalized spacial score (nSPS) is 16.4. The average molecular weight is 350 g/mol. The molecule has 2 rings (SSSR count). The van der Waals surface area contributed by atoms with E-state index in [4.69, 9.17) is 0 Å². The zero-order valence-electron chi connectivity index (χ0n) is 10.8. The fourth-order valence-corrected chi connectivity index (χ4v) is 2.86. The van der Waals surface area contributed by atoms with Gasteiger partial charge >= 0.3 is 6.18 Å². The van der Waals surface area contributed by atoms with Gasteiger partial charge in [-0.1, -0.05) is 28.8 Å². The Morgan fingerprint density at radius 3 is 2.55 bits per heavy atom. The van der Waals surface area contributed by atoms with Crippen LogP contribution in [0.25, 0.3) is 0 Å². The van der Waals surface area contributed by atoms with Gasteiger partial charge in [0.2, 0.25) is 0 Å². The summed E-state index contributed by atoms with van der Waals surface area (Å²) in [6.45, 7) is 0.451. The second-order valence-corrected chi connectivity index (χ2v) is 5.96. The highest BCUT2D eigenvalue weighted by atomic mass is 79.9.